The summed E-state index contributed by atoms with van der Waals surface area (Å²) in [5, 5.41) is 10.8. The maximum atomic E-state index is 12.9. The van der Waals surface area contributed by atoms with E-state index in [4.69, 9.17) is 4.74 Å². The van der Waals surface area contributed by atoms with Crippen molar-refractivity contribution in [1.29, 1.82) is 0 Å². The summed E-state index contributed by atoms with van der Waals surface area (Å²) in [6.45, 7) is 0.734. The Morgan fingerprint density at radius 3 is 2.82 bits per heavy atom. The molecule has 2 aromatic carbocycles. The minimum Gasteiger partial charge on any atom is -0.484 e. The van der Waals surface area contributed by atoms with Crippen LogP contribution in [0.15, 0.2) is 66.9 Å². The number of carbonyl (C=O) groups excluding carboxylic acids is 1. The van der Waals surface area contributed by atoms with Crippen molar-refractivity contribution in [3.8, 4) is 5.75 Å². The smallest absolute Gasteiger partial charge is 0.261 e. The zero-order valence-corrected chi connectivity index (χ0v) is 15.4. The van der Waals surface area contributed by atoms with Crippen LogP contribution in [0.25, 0.3) is 16.4 Å². The number of likely N-dealkylation sites (tertiary alicyclic amines) is 1. The number of rotatable bonds is 4. The first-order valence-electron chi connectivity index (χ1n) is 9.50. The normalized spacial score (nSPS) is 16.7. The number of hydrogen-bond donors (Lipinski definition) is 0. The van der Waals surface area contributed by atoms with E-state index in [2.05, 4.69) is 16.3 Å². The highest BCUT2D eigenvalue weighted by Crippen LogP contribution is 2.31. The van der Waals surface area contributed by atoms with Crippen molar-refractivity contribution in [1.82, 2.24) is 19.5 Å². The number of fused-ring (bicyclic) bond motifs is 2. The van der Waals surface area contributed by atoms with Crippen molar-refractivity contribution < 1.29 is 9.53 Å². The van der Waals surface area contributed by atoms with Crippen molar-refractivity contribution in [2.75, 3.05) is 13.2 Å². The van der Waals surface area contributed by atoms with E-state index in [1.807, 2.05) is 70.1 Å². The number of ether oxygens (including phenoxy) is 1. The van der Waals surface area contributed by atoms with Crippen molar-refractivity contribution in [2.45, 2.75) is 18.9 Å². The van der Waals surface area contributed by atoms with Crippen LogP contribution in [0.4, 0.5) is 0 Å². The second-order valence-electron chi connectivity index (χ2n) is 7.03. The first-order valence-corrected chi connectivity index (χ1v) is 9.50. The predicted molar refractivity (Wildman–Crippen MR) is 106 cm³/mol. The molecule has 5 rings (SSSR count). The quantitative estimate of drug-likeness (QED) is 0.549. The summed E-state index contributed by atoms with van der Waals surface area (Å²) in [4.78, 5) is 14.7. The molecule has 1 saturated heterocycles. The van der Waals surface area contributed by atoms with E-state index in [-0.39, 0.29) is 18.6 Å². The average Bonchev–Trinajstić information content (AvgIpc) is 3.38. The van der Waals surface area contributed by atoms with Crippen LogP contribution >= 0.6 is 0 Å². The van der Waals surface area contributed by atoms with Gasteiger partial charge in [0.2, 0.25) is 0 Å². The molecule has 1 fully saturated rings. The lowest BCUT2D eigenvalue weighted by Crippen LogP contribution is -2.35. The summed E-state index contributed by atoms with van der Waals surface area (Å²) >= 11 is 0. The molecular weight excluding hydrogens is 352 g/mol. The van der Waals surface area contributed by atoms with Gasteiger partial charge in [-0.15, -0.1) is 10.2 Å². The number of nitrogens with zero attached hydrogens (tertiary/aromatic N) is 4. The molecule has 1 amide bonds. The lowest BCUT2D eigenvalue weighted by atomic mass is 10.1. The maximum absolute atomic E-state index is 12.9. The number of amides is 1. The van der Waals surface area contributed by atoms with Gasteiger partial charge in [0.1, 0.15) is 5.75 Å². The lowest BCUT2D eigenvalue weighted by molar-refractivity contribution is -0.134. The van der Waals surface area contributed by atoms with Gasteiger partial charge in [0, 0.05) is 12.7 Å². The van der Waals surface area contributed by atoms with Gasteiger partial charge in [0.25, 0.3) is 5.91 Å². The molecule has 140 valence electrons. The second kappa shape index (κ2) is 6.96. The van der Waals surface area contributed by atoms with Crippen LogP contribution in [-0.4, -0.2) is 38.6 Å². The van der Waals surface area contributed by atoms with E-state index in [9.17, 15) is 4.79 Å². The highest BCUT2D eigenvalue weighted by Gasteiger charge is 2.33. The summed E-state index contributed by atoms with van der Waals surface area (Å²) in [6, 6.07) is 19.7. The Morgan fingerprint density at radius 1 is 1.04 bits per heavy atom. The van der Waals surface area contributed by atoms with E-state index in [0.717, 1.165) is 35.1 Å². The van der Waals surface area contributed by atoms with Gasteiger partial charge >= 0.3 is 0 Å². The highest BCUT2D eigenvalue weighted by molar-refractivity contribution is 5.84. The van der Waals surface area contributed by atoms with Gasteiger partial charge in [-0.05, 0) is 47.9 Å². The Balaban J connectivity index is 1.32. The molecule has 3 heterocycles. The van der Waals surface area contributed by atoms with Crippen molar-refractivity contribution >= 4 is 22.3 Å². The molecule has 6 heteroatoms. The molecule has 2 aromatic heterocycles. The summed E-state index contributed by atoms with van der Waals surface area (Å²) in [5.74, 6) is 1.49. The number of benzene rings is 2. The molecule has 0 spiro atoms. The summed E-state index contributed by atoms with van der Waals surface area (Å²) in [7, 11) is 0. The Kier molecular flexibility index (Phi) is 4.16. The summed E-state index contributed by atoms with van der Waals surface area (Å²) < 4.78 is 7.77. The van der Waals surface area contributed by atoms with Gasteiger partial charge < -0.3 is 9.64 Å². The third kappa shape index (κ3) is 2.97. The van der Waals surface area contributed by atoms with Crippen molar-refractivity contribution in [3.63, 3.8) is 0 Å². The fourth-order valence-electron chi connectivity index (χ4n) is 3.91. The third-order valence-electron chi connectivity index (χ3n) is 5.29. The monoisotopic (exact) mass is 372 g/mol. The van der Waals surface area contributed by atoms with Gasteiger partial charge in [-0.25, -0.2) is 0 Å². The van der Waals surface area contributed by atoms with E-state index in [1.165, 1.54) is 0 Å². The van der Waals surface area contributed by atoms with Gasteiger partial charge in [-0.1, -0.05) is 36.4 Å². The maximum Gasteiger partial charge on any atom is 0.261 e. The van der Waals surface area contributed by atoms with E-state index >= 15 is 0 Å². The molecule has 0 saturated carbocycles. The Hall–Kier alpha value is -3.41. The molecule has 0 aliphatic carbocycles. The Morgan fingerprint density at radius 2 is 1.89 bits per heavy atom. The Bertz CT molecular complexity index is 1150. The second-order valence-corrected chi connectivity index (χ2v) is 7.03. The lowest BCUT2D eigenvalue weighted by Gasteiger charge is -2.23. The topological polar surface area (TPSA) is 59.7 Å². The van der Waals surface area contributed by atoms with E-state index < -0.39 is 0 Å². The zero-order valence-electron chi connectivity index (χ0n) is 15.4. The van der Waals surface area contributed by atoms with Crippen LogP contribution in [0.3, 0.4) is 0 Å². The van der Waals surface area contributed by atoms with Crippen LogP contribution in [0.2, 0.25) is 0 Å². The van der Waals surface area contributed by atoms with Gasteiger partial charge in [-0.3, -0.25) is 9.20 Å². The molecule has 1 aliphatic rings. The molecule has 28 heavy (non-hydrogen) atoms. The van der Waals surface area contributed by atoms with E-state index in [1.54, 1.807) is 0 Å². The van der Waals surface area contributed by atoms with E-state index in [0.29, 0.717) is 12.3 Å². The fourth-order valence-corrected chi connectivity index (χ4v) is 3.91. The number of carbonyl (C=O) groups is 1. The minimum absolute atomic E-state index is 0.0194. The van der Waals surface area contributed by atoms with Crippen LogP contribution in [-0.2, 0) is 4.79 Å². The molecule has 0 N–H and O–H groups in total. The number of aromatic nitrogens is 3. The molecule has 1 atom stereocenters. The largest absolute Gasteiger partial charge is 0.484 e. The number of pyridine rings is 1. The van der Waals surface area contributed by atoms with Crippen LogP contribution < -0.4 is 4.74 Å². The van der Waals surface area contributed by atoms with Crippen LogP contribution in [0.1, 0.15) is 24.7 Å². The molecular formula is C22H20N4O2. The van der Waals surface area contributed by atoms with Crippen molar-refractivity contribution in [2.24, 2.45) is 0 Å². The van der Waals surface area contributed by atoms with Crippen LogP contribution in [0, 0.1) is 0 Å². The molecule has 0 unspecified atom stereocenters. The highest BCUT2D eigenvalue weighted by atomic mass is 16.5. The molecule has 0 bridgehead atoms. The first kappa shape index (κ1) is 16.7. The number of hydrogen-bond acceptors (Lipinski definition) is 4. The molecule has 6 nitrogen and oxygen atoms in total. The third-order valence-corrected chi connectivity index (χ3v) is 5.29. The average molecular weight is 372 g/mol. The Labute approximate surface area is 162 Å². The first-order chi connectivity index (χ1) is 13.8. The fraction of sp³-hybridized carbons (Fsp3) is 0.227. The predicted octanol–water partition coefficient (Wildman–Crippen LogP) is 3.63. The summed E-state index contributed by atoms with van der Waals surface area (Å²) in [6.07, 6.45) is 3.78. The molecule has 4 aromatic rings. The van der Waals surface area contributed by atoms with Gasteiger partial charge in [0.05, 0.1) is 6.04 Å². The van der Waals surface area contributed by atoms with Gasteiger partial charge in [0.15, 0.2) is 18.1 Å². The summed E-state index contributed by atoms with van der Waals surface area (Å²) in [5.41, 5.74) is 0.796. The van der Waals surface area contributed by atoms with Gasteiger partial charge in [-0.2, -0.15) is 0 Å². The standard InChI is InChI=1S/C22H20N4O2/c27-21(15-28-18-11-10-16-6-1-2-7-17(16)14-18)25-13-5-8-19(25)22-24-23-20-9-3-4-12-26(20)22/h1-4,6-7,9-12,14,19H,5,8,13,15H2/t19-/m1/s1. The molecule has 1 aliphatic heterocycles. The van der Waals surface area contributed by atoms with Crippen LogP contribution in [0.5, 0.6) is 5.75 Å². The SMILES string of the molecule is O=C(COc1ccc2ccccc2c1)N1CCC[C@@H]1c1nnc2ccccn12. The minimum atomic E-state index is -0.0647. The zero-order chi connectivity index (χ0) is 18.9. The van der Waals surface area contributed by atoms with Crippen molar-refractivity contribution in [3.05, 3.63) is 72.7 Å². The molecule has 0 radical (unpaired) electrons.